The predicted molar refractivity (Wildman–Crippen MR) is 78.4 cm³/mol. The van der Waals surface area contributed by atoms with E-state index >= 15 is 0 Å². The van der Waals surface area contributed by atoms with E-state index in [1.165, 1.54) is 22.2 Å². The van der Waals surface area contributed by atoms with E-state index in [9.17, 15) is 14.4 Å². The second-order valence-electron chi connectivity index (χ2n) is 4.23. The molecule has 0 spiro atoms. The molecule has 0 saturated carbocycles. The summed E-state index contributed by atoms with van der Waals surface area (Å²) in [5, 5.41) is 2.53. The summed E-state index contributed by atoms with van der Waals surface area (Å²) in [6, 6.07) is 1.79. The van der Waals surface area contributed by atoms with Crippen molar-refractivity contribution < 1.29 is 14.3 Å². The summed E-state index contributed by atoms with van der Waals surface area (Å²) in [5.41, 5.74) is -0.296. The maximum absolute atomic E-state index is 12.2. The first-order chi connectivity index (χ1) is 10.0. The van der Waals surface area contributed by atoms with Gasteiger partial charge in [-0.3, -0.25) is 19.5 Å². The zero-order valence-corrected chi connectivity index (χ0v) is 12.5. The molecule has 2 rings (SSSR count). The molecule has 0 fully saturated rings. The third kappa shape index (κ3) is 3.46. The van der Waals surface area contributed by atoms with Crippen molar-refractivity contribution in [2.24, 2.45) is 0 Å². The lowest BCUT2D eigenvalue weighted by Crippen LogP contribution is -2.36. The van der Waals surface area contributed by atoms with E-state index < -0.39 is 12.0 Å². The maximum atomic E-state index is 12.2. The molecule has 0 bridgehead atoms. The van der Waals surface area contributed by atoms with Crippen molar-refractivity contribution >= 4 is 33.6 Å². The molecule has 0 aliphatic carbocycles. The lowest BCUT2D eigenvalue weighted by atomic mass is 10.3. The predicted octanol–water partition coefficient (Wildman–Crippen LogP) is 1.29. The number of imide groups is 1. The summed E-state index contributed by atoms with van der Waals surface area (Å²) in [6.07, 6.45) is 1.31. The van der Waals surface area contributed by atoms with Gasteiger partial charge in [0.05, 0.1) is 18.3 Å². The van der Waals surface area contributed by atoms with Gasteiger partial charge in [0.2, 0.25) is 5.91 Å². The van der Waals surface area contributed by atoms with Gasteiger partial charge >= 0.3 is 6.09 Å². The van der Waals surface area contributed by atoms with Gasteiger partial charge in [0.15, 0.2) is 0 Å². The van der Waals surface area contributed by atoms with Crippen molar-refractivity contribution in [2.45, 2.75) is 26.8 Å². The van der Waals surface area contributed by atoms with Crippen LogP contribution in [0.25, 0.3) is 10.2 Å². The molecule has 2 amide bonds. The fourth-order valence-corrected chi connectivity index (χ4v) is 2.70. The largest absolute Gasteiger partial charge is 0.450 e. The Morgan fingerprint density at radius 1 is 1.43 bits per heavy atom. The van der Waals surface area contributed by atoms with Gasteiger partial charge in [-0.1, -0.05) is 6.92 Å². The Labute approximate surface area is 124 Å². The summed E-state index contributed by atoms with van der Waals surface area (Å²) in [6.45, 7) is 3.52. The summed E-state index contributed by atoms with van der Waals surface area (Å²) in [5.74, 6) is -0.623. The Kier molecular flexibility index (Phi) is 4.69. The number of carbonyl (C=O) groups is 2. The number of rotatable bonds is 4. The van der Waals surface area contributed by atoms with Crippen LogP contribution in [0.3, 0.4) is 0 Å². The summed E-state index contributed by atoms with van der Waals surface area (Å²) in [7, 11) is 0. The van der Waals surface area contributed by atoms with Gasteiger partial charge in [-0.25, -0.2) is 9.78 Å². The topological polar surface area (TPSA) is 90.3 Å². The molecule has 7 nitrogen and oxygen atoms in total. The Hall–Kier alpha value is -2.22. The van der Waals surface area contributed by atoms with E-state index in [1.807, 2.05) is 12.2 Å². The van der Waals surface area contributed by atoms with Crippen LogP contribution in [0.5, 0.6) is 0 Å². The van der Waals surface area contributed by atoms with Crippen LogP contribution in [0.1, 0.15) is 18.7 Å². The smallest absolute Gasteiger partial charge is 0.413 e. The first-order valence-corrected chi connectivity index (χ1v) is 7.31. The molecule has 1 N–H and O–H groups in total. The number of hydrogen-bond acceptors (Lipinski definition) is 6. The number of aryl methyl sites for hydroxylation is 1. The van der Waals surface area contributed by atoms with Gasteiger partial charge in [-0.2, -0.15) is 0 Å². The minimum Gasteiger partial charge on any atom is -0.450 e. The zero-order chi connectivity index (χ0) is 15.4. The first kappa shape index (κ1) is 15.2. The molecule has 2 heterocycles. The molecule has 0 aromatic carbocycles. The Morgan fingerprint density at radius 2 is 2.19 bits per heavy atom. The molecule has 2 aromatic heterocycles. The van der Waals surface area contributed by atoms with Gasteiger partial charge in [-0.15, -0.1) is 11.3 Å². The van der Waals surface area contributed by atoms with Crippen LogP contribution < -0.4 is 10.9 Å². The van der Waals surface area contributed by atoms with Crippen molar-refractivity contribution in [1.82, 2.24) is 14.9 Å². The van der Waals surface area contributed by atoms with Crippen LogP contribution in [0.15, 0.2) is 17.2 Å². The number of ether oxygens (including phenoxy) is 1. The molecular weight excluding hydrogens is 294 g/mol. The monoisotopic (exact) mass is 309 g/mol. The van der Waals surface area contributed by atoms with E-state index in [-0.39, 0.29) is 18.7 Å². The quantitative estimate of drug-likeness (QED) is 0.919. The molecule has 0 saturated heterocycles. The average Bonchev–Trinajstić information content (AvgIpc) is 2.86. The lowest BCUT2D eigenvalue weighted by molar-refractivity contribution is -0.121. The van der Waals surface area contributed by atoms with Crippen LogP contribution in [-0.2, 0) is 22.5 Å². The molecule has 0 unspecified atom stereocenters. The lowest BCUT2D eigenvalue weighted by Gasteiger charge is -2.06. The fraction of sp³-hybridized carbons (Fsp3) is 0.385. The highest BCUT2D eigenvalue weighted by Crippen LogP contribution is 2.20. The van der Waals surface area contributed by atoms with Crippen LogP contribution in [0.4, 0.5) is 4.79 Å². The highest BCUT2D eigenvalue weighted by molar-refractivity contribution is 7.18. The molecule has 21 heavy (non-hydrogen) atoms. The number of fused-ring (bicyclic) bond motifs is 1. The SMILES string of the molecule is CCOC(=O)NC(=O)Cn1cnc2sc(CC)cc2c1=O. The fourth-order valence-electron chi connectivity index (χ4n) is 1.77. The number of amides is 2. The first-order valence-electron chi connectivity index (χ1n) is 6.49. The number of nitrogens with one attached hydrogen (secondary N) is 1. The van der Waals surface area contributed by atoms with Crippen molar-refractivity contribution in [3.63, 3.8) is 0 Å². The molecule has 0 atom stereocenters. The summed E-state index contributed by atoms with van der Waals surface area (Å²) >= 11 is 1.46. The van der Waals surface area contributed by atoms with E-state index in [4.69, 9.17) is 0 Å². The van der Waals surface area contributed by atoms with Crippen molar-refractivity contribution in [3.05, 3.63) is 27.6 Å². The minimum atomic E-state index is -0.826. The van der Waals surface area contributed by atoms with Gasteiger partial charge in [-0.05, 0) is 19.4 Å². The highest BCUT2D eigenvalue weighted by Gasteiger charge is 2.13. The number of thiophene rings is 1. The normalized spacial score (nSPS) is 10.6. The molecule has 0 aliphatic heterocycles. The van der Waals surface area contributed by atoms with E-state index in [2.05, 4.69) is 9.72 Å². The molecule has 0 radical (unpaired) electrons. The number of carbonyl (C=O) groups excluding carboxylic acids is 2. The number of aromatic nitrogens is 2. The van der Waals surface area contributed by atoms with E-state index in [0.717, 1.165) is 11.3 Å². The summed E-state index contributed by atoms with van der Waals surface area (Å²) < 4.78 is 5.77. The van der Waals surface area contributed by atoms with Crippen molar-refractivity contribution in [2.75, 3.05) is 6.61 Å². The van der Waals surface area contributed by atoms with Gasteiger partial charge in [0, 0.05) is 4.88 Å². The standard InChI is InChI=1S/C13H15N3O4S/c1-3-8-5-9-11(21-8)14-7-16(12(9)18)6-10(17)15-13(19)20-4-2/h5,7H,3-4,6H2,1-2H3,(H,15,17,19). The summed E-state index contributed by atoms with van der Waals surface area (Å²) in [4.78, 5) is 40.9. The third-order valence-electron chi connectivity index (χ3n) is 2.75. The van der Waals surface area contributed by atoms with Gasteiger partial charge < -0.3 is 4.74 Å². The molecule has 2 aromatic rings. The minimum absolute atomic E-state index is 0.168. The highest BCUT2D eigenvalue weighted by atomic mass is 32.1. The second kappa shape index (κ2) is 6.49. The third-order valence-corrected chi connectivity index (χ3v) is 3.94. The van der Waals surface area contributed by atoms with Gasteiger partial charge in [0.25, 0.3) is 5.56 Å². The Bertz CT molecular complexity index is 735. The van der Waals surface area contributed by atoms with E-state index in [1.54, 1.807) is 13.0 Å². The van der Waals surface area contributed by atoms with Crippen LogP contribution in [0, 0.1) is 0 Å². The Balaban J connectivity index is 2.19. The molecule has 0 aliphatic rings. The number of nitrogens with zero attached hydrogens (tertiary/aromatic N) is 2. The number of alkyl carbamates (subject to hydrolysis) is 1. The van der Waals surface area contributed by atoms with Crippen LogP contribution in [-0.4, -0.2) is 28.2 Å². The van der Waals surface area contributed by atoms with Crippen molar-refractivity contribution in [1.29, 1.82) is 0 Å². The molecule has 112 valence electrons. The average molecular weight is 309 g/mol. The Morgan fingerprint density at radius 3 is 2.86 bits per heavy atom. The maximum Gasteiger partial charge on any atom is 0.413 e. The van der Waals surface area contributed by atoms with Crippen molar-refractivity contribution in [3.8, 4) is 0 Å². The molecular formula is C13H15N3O4S. The van der Waals surface area contributed by atoms with Crippen LogP contribution in [0.2, 0.25) is 0 Å². The van der Waals surface area contributed by atoms with Crippen LogP contribution >= 0.6 is 11.3 Å². The zero-order valence-electron chi connectivity index (χ0n) is 11.7. The number of hydrogen-bond donors (Lipinski definition) is 1. The van der Waals surface area contributed by atoms with Gasteiger partial charge in [0.1, 0.15) is 11.4 Å². The van der Waals surface area contributed by atoms with E-state index in [0.29, 0.717) is 10.2 Å². The second-order valence-corrected chi connectivity index (χ2v) is 5.35. The molecule has 8 heteroatoms.